The van der Waals surface area contributed by atoms with Crippen LogP contribution in [0.25, 0.3) is 0 Å². The highest BCUT2D eigenvalue weighted by Gasteiger charge is 2.86. The van der Waals surface area contributed by atoms with Crippen molar-refractivity contribution in [1.29, 1.82) is 0 Å². The molecule has 23 heteroatoms. The van der Waals surface area contributed by atoms with Gasteiger partial charge in [-0.1, -0.05) is 0 Å². The standard InChI is InChI=1S/C10F18O5/c11-2(5(15,16)17,31-7(21,22)3(12,13)6(18,19)20)1(29)30-4(14)8(23,24)32-10(27,28)33-9(4,25)26. The fourth-order valence-electron chi connectivity index (χ4n) is 1.55. The molecule has 0 amide bonds. The molecule has 0 spiro atoms. The summed E-state index contributed by atoms with van der Waals surface area (Å²) in [6.45, 7) is 0. The monoisotopic (exact) mass is 542 g/mol. The van der Waals surface area contributed by atoms with Gasteiger partial charge in [0.2, 0.25) is 0 Å². The molecular formula is C10F18O5. The van der Waals surface area contributed by atoms with E-state index < -0.39 is 60.6 Å². The zero-order chi connectivity index (χ0) is 26.9. The Hall–Kier alpha value is -1.91. The molecule has 0 aromatic rings. The van der Waals surface area contributed by atoms with E-state index in [2.05, 4.69) is 0 Å². The number of halogens is 18. The molecule has 0 radical (unpaired) electrons. The number of carbonyl (C=O) groups is 1. The van der Waals surface area contributed by atoms with E-state index in [0.717, 1.165) is 0 Å². The van der Waals surface area contributed by atoms with E-state index in [0.29, 0.717) is 0 Å². The average molecular weight is 542 g/mol. The zero-order valence-electron chi connectivity index (χ0n) is 13.8. The lowest BCUT2D eigenvalue weighted by Gasteiger charge is -2.43. The topological polar surface area (TPSA) is 54.0 Å². The lowest BCUT2D eigenvalue weighted by atomic mass is 10.2. The van der Waals surface area contributed by atoms with Gasteiger partial charge in [0.1, 0.15) is 0 Å². The van der Waals surface area contributed by atoms with Crippen LogP contribution in [0, 0.1) is 0 Å². The summed E-state index contributed by atoms with van der Waals surface area (Å²) in [5.41, 5.74) is 0. The number of hydrogen-bond donors (Lipinski definition) is 0. The third kappa shape index (κ3) is 4.57. The van der Waals surface area contributed by atoms with E-state index in [1.54, 1.807) is 0 Å². The molecule has 0 bridgehead atoms. The number of rotatable bonds is 5. The molecule has 0 saturated carbocycles. The minimum atomic E-state index is -7.80. The predicted octanol–water partition coefficient (Wildman–Crippen LogP) is 5.01. The second-order valence-corrected chi connectivity index (χ2v) is 5.47. The summed E-state index contributed by atoms with van der Waals surface area (Å²) in [5.74, 6) is -27.4. The van der Waals surface area contributed by atoms with Crippen molar-refractivity contribution in [3.63, 3.8) is 0 Å². The SMILES string of the molecule is O=C(OC1(F)C(F)(F)OC(F)(F)OC1(F)F)C(F)(OC(F)(F)C(F)(F)C(F)(F)F)C(F)(F)F. The summed E-state index contributed by atoms with van der Waals surface area (Å²) in [6, 6.07) is 0. The summed E-state index contributed by atoms with van der Waals surface area (Å²) in [4.78, 5) is 11.1. The molecule has 1 heterocycles. The van der Waals surface area contributed by atoms with Crippen molar-refractivity contribution in [1.82, 2.24) is 0 Å². The Bertz CT molecular complexity index is 750. The Morgan fingerprint density at radius 3 is 1.30 bits per heavy atom. The largest absolute Gasteiger partial charge is 0.495 e. The lowest BCUT2D eigenvalue weighted by Crippen LogP contribution is -2.71. The third-order valence-corrected chi connectivity index (χ3v) is 3.09. The number of ether oxygens (including phenoxy) is 4. The first-order chi connectivity index (χ1) is 14.0. The number of carbonyl (C=O) groups excluding carboxylic acids is 1. The van der Waals surface area contributed by atoms with Crippen LogP contribution in [-0.2, 0) is 23.7 Å². The van der Waals surface area contributed by atoms with Crippen molar-refractivity contribution in [3.8, 4) is 0 Å². The first kappa shape index (κ1) is 29.1. The van der Waals surface area contributed by atoms with Gasteiger partial charge in [0.05, 0.1) is 0 Å². The van der Waals surface area contributed by atoms with Gasteiger partial charge in [-0.05, 0) is 0 Å². The van der Waals surface area contributed by atoms with E-state index in [4.69, 9.17) is 0 Å². The van der Waals surface area contributed by atoms with Crippen LogP contribution in [0.4, 0.5) is 79.0 Å². The minimum Gasteiger partial charge on any atom is -0.408 e. The third-order valence-electron chi connectivity index (χ3n) is 3.09. The van der Waals surface area contributed by atoms with Gasteiger partial charge in [-0.25, -0.2) is 14.3 Å². The maximum Gasteiger partial charge on any atom is 0.495 e. The van der Waals surface area contributed by atoms with Gasteiger partial charge in [-0.15, -0.1) is 8.78 Å². The van der Waals surface area contributed by atoms with E-state index in [1.807, 2.05) is 14.2 Å². The van der Waals surface area contributed by atoms with Crippen LogP contribution in [0.15, 0.2) is 0 Å². The Morgan fingerprint density at radius 1 is 0.636 bits per heavy atom. The summed E-state index contributed by atoms with van der Waals surface area (Å²) in [6.07, 6.45) is -43.3. The van der Waals surface area contributed by atoms with Crippen molar-refractivity contribution in [2.45, 2.75) is 54.6 Å². The van der Waals surface area contributed by atoms with Gasteiger partial charge in [-0.2, -0.15) is 70.2 Å². The van der Waals surface area contributed by atoms with Crippen molar-refractivity contribution < 1.29 is 103 Å². The van der Waals surface area contributed by atoms with Gasteiger partial charge in [0.25, 0.3) is 0 Å². The number of hydrogen-bond acceptors (Lipinski definition) is 5. The van der Waals surface area contributed by atoms with Crippen LogP contribution in [0.3, 0.4) is 0 Å². The van der Waals surface area contributed by atoms with Crippen LogP contribution < -0.4 is 0 Å². The molecule has 0 N–H and O–H groups in total. The fourth-order valence-corrected chi connectivity index (χ4v) is 1.55. The van der Waals surface area contributed by atoms with Crippen molar-refractivity contribution in [2.24, 2.45) is 0 Å². The lowest BCUT2D eigenvalue weighted by molar-refractivity contribution is -0.623. The summed E-state index contributed by atoms with van der Waals surface area (Å²) >= 11 is 0. The molecule has 1 aliphatic heterocycles. The molecule has 33 heavy (non-hydrogen) atoms. The normalized spacial score (nSPS) is 24.7. The summed E-state index contributed by atoms with van der Waals surface area (Å²) in [7, 11) is 0. The smallest absolute Gasteiger partial charge is 0.408 e. The van der Waals surface area contributed by atoms with Crippen LogP contribution in [0.1, 0.15) is 0 Å². The minimum absolute atomic E-state index is 1.45. The Morgan fingerprint density at radius 2 is 1.00 bits per heavy atom. The van der Waals surface area contributed by atoms with Gasteiger partial charge >= 0.3 is 60.6 Å². The second-order valence-electron chi connectivity index (χ2n) is 5.47. The van der Waals surface area contributed by atoms with Gasteiger partial charge in [0, 0.05) is 0 Å². The summed E-state index contributed by atoms with van der Waals surface area (Å²) in [5, 5.41) is 0. The second kappa shape index (κ2) is 7.29. The summed E-state index contributed by atoms with van der Waals surface area (Å²) < 4.78 is 238. The predicted molar refractivity (Wildman–Crippen MR) is 53.9 cm³/mol. The van der Waals surface area contributed by atoms with E-state index in [9.17, 15) is 83.8 Å². The van der Waals surface area contributed by atoms with E-state index >= 15 is 0 Å². The van der Waals surface area contributed by atoms with E-state index in [1.165, 1.54) is 4.74 Å². The number of alkyl halides is 18. The van der Waals surface area contributed by atoms with Crippen LogP contribution in [0.2, 0.25) is 0 Å². The molecule has 1 rings (SSSR count). The molecule has 1 unspecified atom stereocenters. The highest BCUT2D eigenvalue weighted by molar-refractivity contribution is 5.79. The molecule has 0 aromatic heterocycles. The van der Waals surface area contributed by atoms with Crippen molar-refractivity contribution >= 4 is 5.97 Å². The maximum absolute atomic E-state index is 13.9. The molecule has 1 aliphatic rings. The van der Waals surface area contributed by atoms with Crippen LogP contribution >= 0.6 is 0 Å². The Labute approximate surface area is 165 Å². The highest BCUT2D eigenvalue weighted by atomic mass is 19.4. The van der Waals surface area contributed by atoms with E-state index in [-0.39, 0.29) is 0 Å². The molecule has 196 valence electrons. The maximum atomic E-state index is 13.9. The zero-order valence-corrected chi connectivity index (χ0v) is 13.8. The molecule has 0 aromatic carbocycles. The van der Waals surface area contributed by atoms with Crippen molar-refractivity contribution in [2.75, 3.05) is 0 Å². The fraction of sp³-hybridized carbons (Fsp3) is 0.900. The van der Waals surface area contributed by atoms with Crippen LogP contribution in [0.5, 0.6) is 0 Å². The molecule has 1 atom stereocenters. The van der Waals surface area contributed by atoms with Gasteiger partial charge in [0.15, 0.2) is 0 Å². The molecular weight excluding hydrogens is 542 g/mol. The Balaban J connectivity index is 3.53. The van der Waals surface area contributed by atoms with Gasteiger partial charge < -0.3 is 4.74 Å². The molecule has 5 nitrogen and oxygen atoms in total. The molecule has 0 aliphatic carbocycles. The van der Waals surface area contributed by atoms with Crippen molar-refractivity contribution in [3.05, 3.63) is 0 Å². The molecule has 1 saturated heterocycles. The first-order valence-electron chi connectivity index (χ1n) is 6.74. The average Bonchev–Trinajstić information content (AvgIpc) is 2.47. The molecule has 1 fully saturated rings. The number of esters is 1. The Kier molecular flexibility index (Phi) is 6.44. The first-order valence-corrected chi connectivity index (χ1v) is 6.74. The quantitative estimate of drug-likeness (QED) is 0.362. The van der Waals surface area contributed by atoms with Gasteiger partial charge in [-0.3, -0.25) is 4.74 Å². The highest BCUT2D eigenvalue weighted by Crippen LogP contribution is 2.56. The van der Waals surface area contributed by atoms with Crippen LogP contribution in [-0.4, -0.2) is 60.6 Å².